The molecule has 0 aromatic heterocycles. The lowest BCUT2D eigenvalue weighted by molar-refractivity contribution is -0.385. The lowest BCUT2D eigenvalue weighted by atomic mass is 10.0. The number of rotatable bonds is 4. The van der Waals surface area contributed by atoms with Crippen molar-refractivity contribution < 1.29 is 14.5 Å². The van der Waals surface area contributed by atoms with Crippen molar-refractivity contribution in [3.05, 3.63) is 45.5 Å². The molecule has 7 nitrogen and oxygen atoms in total. The van der Waals surface area contributed by atoms with Crippen molar-refractivity contribution in [3.63, 3.8) is 0 Å². The maximum atomic E-state index is 12.6. The molecule has 1 aromatic carbocycles. The topological polar surface area (TPSA) is 83.8 Å². The van der Waals surface area contributed by atoms with Crippen LogP contribution in [0.5, 0.6) is 0 Å². The van der Waals surface area contributed by atoms with Crippen LogP contribution >= 0.6 is 0 Å². The average molecular weight is 317 g/mol. The highest BCUT2D eigenvalue weighted by Crippen LogP contribution is 2.22. The minimum atomic E-state index is -0.524. The summed E-state index contributed by atoms with van der Waals surface area (Å²) in [5.74, 6) is -0.768. The number of benzene rings is 1. The van der Waals surface area contributed by atoms with Crippen LogP contribution in [0.4, 0.5) is 5.69 Å². The van der Waals surface area contributed by atoms with Gasteiger partial charge in [-0.3, -0.25) is 19.7 Å². The van der Waals surface area contributed by atoms with Crippen molar-refractivity contribution in [2.24, 2.45) is 0 Å². The van der Waals surface area contributed by atoms with Gasteiger partial charge in [0.1, 0.15) is 0 Å². The Balaban J connectivity index is 2.33. The molecule has 1 fully saturated rings. The van der Waals surface area contributed by atoms with E-state index in [1.165, 1.54) is 25.1 Å². The summed E-state index contributed by atoms with van der Waals surface area (Å²) in [6.07, 6.45) is 1.32. The van der Waals surface area contributed by atoms with Gasteiger partial charge in [0.2, 0.25) is 0 Å². The zero-order valence-corrected chi connectivity index (χ0v) is 13.2. The summed E-state index contributed by atoms with van der Waals surface area (Å²) < 4.78 is 0. The quantitative estimate of drug-likeness (QED) is 0.275. The highest BCUT2D eigenvalue weighted by Gasteiger charge is 2.25. The molecular weight excluding hydrogens is 298 g/mol. The number of carbonyl (C=O) groups is 2. The third-order valence-electron chi connectivity index (χ3n) is 3.83. The number of para-hydroxylation sites is 1. The van der Waals surface area contributed by atoms with Crippen molar-refractivity contribution in [3.8, 4) is 0 Å². The van der Waals surface area contributed by atoms with Crippen LogP contribution in [0.15, 0.2) is 29.8 Å². The Morgan fingerprint density at radius 3 is 2.35 bits per heavy atom. The number of amides is 1. The Kier molecular flexibility index (Phi) is 5.23. The van der Waals surface area contributed by atoms with Crippen molar-refractivity contribution in [2.45, 2.75) is 6.92 Å². The average Bonchev–Trinajstić information content (AvgIpc) is 2.52. The third kappa shape index (κ3) is 4.01. The molecule has 23 heavy (non-hydrogen) atoms. The van der Waals surface area contributed by atoms with Gasteiger partial charge < -0.3 is 9.80 Å². The van der Waals surface area contributed by atoms with Gasteiger partial charge in [0, 0.05) is 32.2 Å². The second-order valence-corrected chi connectivity index (χ2v) is 5.53. The predicted molar refractivity (Wildman–Crippen MR) is 85.8 cm³/mol. The van der Waals surface area contributed by atoms with E-state index in [4.69, 9.17) is 0 Å². The van der Waals surface area contributed by atoms with Gasteiger partial charge in [-0.2, -0.15) is 0 Å². The molecule has 0 bridgehead atoms. The number of nitro benzene ring substituents is 1. The third-order valence-corrected chi connectivity index (χ3v) is 3.83. The first-order chi connectivity index (χ1) is 10.9. The number of hydrogen-bond donors (Lipinski definition) is 0. The molecule has 1 aromatic rings. The number of Topliss-reactive ketones (excluding diaryl/α,β-unsaturated/α-hetero) is 1. The Bertz CT molecular complexity index is 661. The van der Waals surface area contributed by atoms with E-state index in [1.54, 1.807) is 17.0 Å². The SMILES string of the molecule is CC(=O)/C(=C\c1ccccc1[N+](=O)[O-])C(=O)N1CCN(C)CC1. The Hall–Kier alpha value is -2.54. The first-order valence-corrected chi connectivity index (χ1v) is 7.34. The van der Waals surface area contributed by atoms with Gasteiger partial charge in [0.15, 0.2) is 5.78 Å². The summed E-state index contributed by atoms with van der Waals surface area (Å²) in [5, 5.41) is 11.1. The van der Waals surface area contributed by atoms with Crippen LogP contribution in [0.3, 0.4) is 0 Å². The molecule has 2 rings (SSSR count). The summed E-state index contributed by atoms with van der Waals surface area (Å²) in [7, 11) is 1.97. The fourth-order valence-electron chi connectivity index (χ4n) is 2.43. The molecule has 0 atom stereocenters. The van der Waals surface area contributed by atoms with E-state index in [-0.39, 0.29) is 22.7 Å². The van der Waals surface area contributed by atoms with Crippen LogP contribution in [-0.4, -0.2) is 59.6 Å². The Morgan fingerprint density at radius 2 is 1.78 bits per heavy atom. The summed E-state index contributed by atoms with van der Waals surface area (Å²) in [6, 6.07) is 6.06. The number of carbonyl (C=O) groups excluding carboxylic acids is 2. The van der Waals surface area contributed by atoms with E-state index < -0.39 is 10.7 Å². The molecule has 0 N–H and O–H groups in total. The van der Waals surface area contributed by atoms with Crippen LogP contribution in [0, 0.1) is 10.1 Å². The second kappa shape index (κ2) is 7.15. The Morgan fingerprint density at radius 1 is 1.17 bits per heavy atom. The summed E-state index contributed by atoms with van der Waals surface area (Å²) in [5.41, 5.74) is 0.103. The summed E-state index contributed by atoms with van der Waals surface area (Å²) in [6.45, 7) is 3.85. The minimum Gasteiger partial charge on any atom is -0.336 e. The molecule has 0 radical (unpaired) electrons. The molecule has 122 valence electrons. The molecule has 1 amide bonds. The van der Waals surface area contributed by atoms with Crippen LogP contribution < -0.4 is 0 Å². The van der Waals surface area contributed by atoms with Gasteiger partial charge in [-0.15, -0.1) is 0 Å². The zero-order chi connectivity index (χ0) is 17.0. The number of ketones is 1. The van der Waals surface area contributed by atoms with E-state index >= 15 is 0 Å². The van der Waals surface area contributed by atoms with E-state index in [1.807, 2.05) is 7.05 Å². The number of piperazine rings is 1. The molecule has 1 heterocycles. The molecule has 7 heteroatoms. The van der Waals surface area contributed by atoms with Crippen molar-refractivity contribution in [2.75, 3.05) is 33.2 Å². The van der Waals surface area contributed by atoms with Crippen LogP contribution in [0.25, 0.3) is 6.08 Å². The standard InChI is InChI=1S/C16H19N3O4/c1-12(20)14(16(21)18-9-7-17(2)8-10-18)11-13-5-3-4-6-15(13)19(22)23/h3-6,11H,7-10H2,1-2H3/b14-11+. The molecule has 0 saturated carbocycles. The van der Waals surface area contributed by atoms with Gasteiger partial charge in [0.25, 0.3) is 11.6 Å². The Labute approximate surface area is 134 Å². The fraction of sp³-hybridized carbons (Fsp3) is 0.375. The molecule has 1 saturated heterocycles. The van der Waals surface area contributed by atoms with E-state index in [9.17, 15) is 19.7 Å². The van der Waals surface area contributed by atoms with Crippen LogP contribution in [-0.2, 0) is 9.59 Å². The molecule has 0 aliphatic carbocycles. The molecule has 0 unspecified atom stereocenters. The van der Waals surface area contributed by atoms with Crippen LogP contribution in [0.1, 0.15) is 12.5 Å². The molecule has 1 aliphatic heterocycles. The van der Waals surface area contributed by atoms with Gasteiger partial charge in [-0.1, -0.05) is 12.1 Å². The largest absolute Gasteiger partial charge is 0.336 e. The van der Waals surface area contributed by atoms with E-state index in [2.05, 4.69) is 4.90 Å². The van der Waals surface area contributed by atoms with Gasteiger partial charge in [-0.05, 0) is 26.1 Å². The van der Waals surface area contributed by atoms with Crippen LogP contribution in [0.2, 0.25) is 0 Å². The number of nitrogens with zero attached hydrogens (tertiary/aromatic N) is 3. The maximum Gasteiger partial charge on any atom is 0.276 e. The van der Waals surface area contributed by atoms with Gasteiger partial charge in [-0.25, -0.2) is 0 Å². The zero-order valence-electron chi connectivity index (χ0n) is 13.2. The lowest BCUT2D eigenvalue weighted by Gasteiger charge is -2.32. The number of likely N-dealkylation sites (N-methyl/N-ethyl adjacent to an activating group) is 1. The summed E-state index contributed by atoms with van der Waals surface area (Å²) in [4.78, 5) is 38.7. The number of hydrogen-bond acceptors (Lipinski definition) is 5. The highest BCUT2D eigenvalue weighted by atomic mass is 16.6. The van der Waals surface area contributed by atoms with E-state index in [0.29, 0.717) is 13.1 Å². The normalized spacial score (nSPS) is 16.3. The van der Waals surface area contributed by atoms with E-state index in [0.717, 1.165) is 13.1 Å². The first-order valence-electron chi connectivity index (χ1n) is 7.34. The summed E-state index contributed by atoms with van der Waals surface area (Å²) >= 11 is 0. The predicted octanol–water partition coefficient (Wildman–Crippen LogP) is 1.34. The van der Waals surface area contributed by atoms with Gasteiger partial charge >= 0.3 is 0 Å². The number of nitro groups is 1. The molecule has 0 spiro atoms. The lowest BCUT2D eigenvalue weighted by Crippen LogP contribution is -2.48. The van der Waals surface area contributed by atoms with Gasteiger partial charge in [0.05, 0.1) is 16.1 Å². The highest BCUT2D eigenvalue weighted by molar-refractivity contribution is 6.21. The molecular formula is C16H19N3O4. The second-order valence-electron chi connectivity index (χ2n) is 5.53. The minimum absolute atomic E-state index is 0.0242. The van der Waals surface area contributed by atoms with Crippen molar-refractivity contribution in [1.29, 1.82) is 0 Å². The monoisotopic (exact) mass is 317 g/mol. The van der Waals surface area contributed by atoms with Crippen molar-refractivity contribution >= 4 is 23.5 Å². The van der Waals surface area contributed by atoms with Crippen molar-refractivity contribution in [1.82, 2.24) is 9.80 Å². The first kappa shape index (κ1) is 16.8. The maximum absolute atomic E-state index is 12.6. The fourth-order valence-corrected chi connectivity index (χ4v) is 2.43. The molecule has 1 aliphatic rings. The smallest absolute Gasteiger partial charge is 0.276 e.